The third kappa shape index (κ3) is 4.13. The Balaban J connectivity index is 1.16. The highest BCUT2D eigenvalue weighted by atomic mass is 15.2. The third-order valence-electron chi connectivity index (χ3n) is 11.0. The molecule has 250 valence electrons. The number of aromatic nitrogens is 4. The molecule has 0 atom stereocenters. The van der Waals surface area contributed by atoms with Gasteiger partial charge in [0.25, 0.3) is 0 Å². The second-order valence-electron chi connectivity index (χ2n) is 13.8. The van der Waals surface area contributed by atoms with Gasteiger partial charge in [-0.25, -0.2) is 9.97 Å². The molecule has 54 heavy (non-hydrogen) atoms. The van der Waals surface area contributed by atoms with Gasteiger partial charge in [-0.3, -0.25) is 4.57 Å². The molecule has 12 rings (SSSR count). The Morgan fingerprint density at radius 3 is 1.87 bits per heavy atom. The lowest BCUT2D eigenvalue weighted by atomic mass is 9.98. The number of hydrogen-bond acceptors (Lipinski definition) is 2. The van der Waals surface area contributed by atoms with E-state index in [9.17, 15) is 0 Å². The van der Waals surface area contributed by atoms with Crippen LogP contribution in [0.15, 0.2) is 182 Å². The second kappa shape index (κ2) is 11.1. The highest BCUT2D eigenvalue weighted by Gasteiger charge is 2.21. The number of hydrogen-bond donors (Lipinski definition) is 0. The normalized spacial score (nSPS) is 13.4. The summed E-state index contributed by atoms with van der Waals surface area (Å²) in [5.74, 6) is 0.570. The van der Waals surface area contributed by atoms with Crippen LogP contribution in [0.3, 0.4) is 0 Å². The van der Waals surface area contributed by atoms with Gasteiger partial charge in [-0.05, 0) is 86.9 Å². The molecule has 3 heterocycles. The van der Waals surface area contributed by atoms with E-state index in [4.69, 9.17) is 16.8 Å². The van der Waals surface area contributed by atoms with Crippen molar-refractivity contribution in [2.45, 2.75) is 0 Å². The standard InChI is InChI=1S/C50H30N4/c1-2-15-36(16-3-1)53-43-21-11-9-19-39(43)48-40-29-35(23-22-32(40)25-26-44(48)53)49-38-18-8-10-20-42(38)51-50(52-49)54-45-27-24-31-12-6-7-17-37(31)47(45)41-28-33-13-4-5-14-34(33)30-46(41)54/h1-30H/i1D,2D,3D,15D,16D. The molecule has 0 radical (unpaired) electrons. The lowest BCUT2D eigenvalue weighted by molar-refractivity contribution is 1.01. The lowest BCUT2D eigenvalue weighted by Gasteiger charge is -2.13. The van der Waals surface area contributed by atoms with Crippen molar-refractivity contribution >= 4 is 86.8 Å². The minimum Gasteiger partial charge on any atom is -0.309 e. The quantitative estimate of drug-likeness (QED) is 0.185. The van der Waals surface area contributed by atoms with E-state index < -0.39 is 6.04 Å². The summed E-state index contributed by atoms with van der Waals surface area (Å²) in [7, 11) is 0. The van der Waals surface area contributed by atoms with Crippen LogP contribution in [0, 0.1) is 0 Å². The van der Waals surface area contributed by atoms with Crippen LogP contribution in [0.25, 0.3) is 110 Å². The summed E-state index contributed by atoms with van der Waals surface area (Å²) in [6.07, 6.45) is 0. The van der Waals surface area contributed by atoms with Crippen LogP contribution in [0.1, 0.15) is 6.85 Å². The van der Waals surface area contributed by atoms with Crippen molar-refractivity contribution in [1.82, 2.24) is 19.1 Å². The zero-order chi connectivity index (χ0) is 39.7. The molecule has 0 aliphatic rings. The van der Waals surface area contributed by atoms with Crippen LogP contribution in [0.5, 0.6) is 0 Å². The monoisotopic (exact) mass is 691 g/mol. The fourth-order valence-corrected chi connectivity index (χ4v) is 8.60. The summed E-state index contributed by atoms with van der Waals surface area (Å²) >= 11 is 0. The molecule has 4 heteroatoms. The van der Waals surface area contributed by atoms with E-state index >= 15 is 0 Å². The third-order valence-corrected chi connectivity index (χ3v) is 11.0. The molecule has 0 fully saturated rings. The lowest BCUT2D eigenvalue weighted by Crippen LogP contribution is -2.03. The SMILES string of the molecule is [2H]c1c([2H])c([2H])c(-n2c3ccccc3c3c4cc(-c5nc(-n6c7cc8ccccc8cc7c7c8ccccc8ccc76)nc6ccccc56)ccc4ccc32)c([2H])c1[2H]. The summed E-state index contributed by atoms with van der Waals surface area (Å²) in [4.78, 5) is 10.7. The number of nitrogens with zero attached hydrogens (tertiary/aromatic N) is 4. The van der Waals surface area contributed by atoms with Gasteiger partial charge in [-0.1, -0.05) is 127 Å². The molecular formula is C50H30N4. The van der Waals surface area contributed by atoms with Gasteiger partial charge in [0.15, 0.2) is 0 Å². The maximum Gasteiger partial charge on any atom is 0.235 e. The predicted octanol–water partition coefficient (Wildman–Crippen LogP) is 13.0. The molecular weight excluding hydrogens is 657 g/mol. The average molecular weight is 692 g/mol. The smallest absolute Gasteiger partial charge is 0.235 e. The first-order chi connectivity index (χ1) is 28.9. The van der Waals surface area contributed by atoms with Crippen molar-refractivity contribution in [3.05, 3.63) is 182 Å². The fraction of sp³-hybridized carbons (Fsp3) is 0. The van der Waals surface area contributed by atoms with E-state index in [1.165, 1.54) is 16.2 Å². The number of benzene rings is 9. The van der Waals surface area contributed by atoms with Crippen LogP contribution in [-0.2, 0) is 0 Å². The number of para-hydroxylation sites is 3. The molecule has 0 aliphatic heterocycles. The van der Waals surface area contributed by atoms with Crippen molar-refractivity contribution < 1.29 is 6.85 Å². The van der Waals surface area contributed by atoms with Gasteiger partial charge >= 0.3 is 0 Å². The highest BCUT2D eigenvalue weighted by molar-refractivity contribution is 6.24. The molecule has 0 saturated carbocycles. The molecule has 0 aliphatic carbocycles. The van der Waals surface area contributed by atoms with Gasteiger partial charge in [0, 0.05) is 38.2 Å². The highest BCUT2D eigenvalue weighted by Crippen LogP contribution is 2.41. The van der Waals surface area contributed by atoms with E-state index in [0.717, 1.165) is 81.9 Å². The van der Waals surface area contributed by atoms with Crippen LogP contribution in [0.4, 0.5) is 0 Å². The Kier molecular flexibility index (Phi) is 5.10. The minimum atomic E-state index is -0.418. The van der Waals surface area contributed by atoms with Gasteiger partial charge < -0.3 is 4.57 Å². The van der Waals surface area contributed by atoms with Crippen LogP contribution in [-0.4, -0.2) is 19.1 Å². The van der Waals surface area contributed by atoms with Crippen LogP contribution >= 0.6 is 0 Å². The molecule has 4 nitrogen and oxygen atoms in total. The second-order valence-corrected chi connectivity index (χ2v) is 13.8. The molecule has 3 aromatic heterocycles. The Labute approximate surface area is 316 Å². The van der Waals surface area contributed by atoms with Crippen LogP contribution in [0.2, 0.25) is 0 Å². The Hall–Kier alpha value is -7.30. The zero-order valence-corrected chi connectivity index (χ0v) is 28.7. The molecule has 0 saturated heterocycles. The summed E-state index contributed by atoms with van der Waals surface area (Å²) in [6, 6.07) is 50.6. The van der Waals surface area contributed by atoms with E-state index in [1.54, 1.807) is 0 Å². The van der Waals surface area contributed by atoms with Crippen molar-refractivity contribution in [3.63, 3.8) is 0 Å². The maximum absolute atomic E-state index is 8.90. The first kappa shape index (κ1) is 24.8. The van der Waals surface area contributed by atoms with E-state index in [2.05, 4.69) is 102 Å². The summed E-state index contributed by atoms with van der Waals surface area (Å²) in [6.45, 7) is 0. The summed E-state index contributed by atoms with van der Waals surface area (Å²) in [5.41, 5.74) is 6.17. The Bertz CT molecular complexity index is 3780. The average Bonchev–Trinajstić information content (AvgIpc) is 3.79. The van der Waals surface area contributed by atoms with Crippen molar-refractivity contribution in [2.75, 3.05) is 0 Å². The molecule has 0 N–H and O–H groups in total. The summed E-state index contributed by atoms with van der Waals surface area (Å²) < 4.78 is 47.0. The fourth-order valence-electron chi connectivity index (χ4n) is 8.60. The molecule has 0 bridgehead atoms. The van der Waals surface area contributed by atoms with Gasteiger partial charge in [0.2, 0.25) is 5.95 Å². The van der Waals surface area contributed by atoms with Gasteiger partial charge in [-0.2, -0.15) is 0 Å². The number of rotatable bonds is 3. The van der Waals surface area contributed by atoms with Crippen LogP contribution < -0.4 is 0 Å². The zero-order valence-electron chi connectivity index (χ0n) is 33.7. The maximum atomic E-state index is 8.90. The van der Waals surface area contributed by atoms with Gasteiger partial charge in [0.1, 0.15) is 0 Å². The summed E-state index contributed by atoms with van der Waals surface area (Å²) in [5, 5.41) is 11.7. The van der Waals surface area contributed by atoms with E-state index in [-0.39, 0.29) is 29.9 Å². The largest absolute Gasteiger partial charge is 0.309 e. The molecule has 9 aromatic carbocycles. The first-order valence-corrected chi connectivity index (χ1v) is 18.0. The number of fused-ring (bicyclic) bond motifs is 12. The topological polar surface area (TPSA) is 35.6 Å². The van der Waals surface area contributed by atoms with Crippen molar-refractivity contribution in [2.24, 2.45) is 0 Å². The minimum absolute atomic E-state index is 0.121. The Morgan fingerprint density at radius 1 is 0.407 bits per heavy atom. The molecule has 0 unspecified atom stereocenters. The molecule has 0 spiro atoms. The molecule has 12 aromatic rings. The van der Waals surface area contributed by atoms with Gasteiger partial charge in [0.05, 0.1) is 40.1 Å². The van der Waals surface area contributed by atoms with E-state index in [1.807, 2.05) is 59.2 Å². The first-order valence-electron chi connectivity index (χ1n) is 20.5. The predicted molar refractivity (Wildman–Crippen MR) is 226 cm³/mol. The Morgan fingerprint density at radius 2 is 1.04 bits per heavy atom. The van der Waals surface area contributed by atoms with Crippen molar-refractivity contribution in [1.29, 1.82) is 0 Å². The van der Waals surface area contributed by atoms with Gasteiger partial charge in [-0.15, -0.1) is 0 Å². The van der Waals surface area contributed by atoms with E-state index in [0.29, 0.717) is 5.95 Å². The van der Waals surface area contributed by atoms with Crippen molar-refractivity contribution in [3.8, 4) is 22.9 Å². The molecule has 0 amide bonds.